The molecule has 2 amide bonds. The van der Waals surface area contributed by atoms with Crippen LogP contribution in [0, 0.1) is 0 Å². The maximum Gasteiger partial charge on any atom is 0.416 e. The molecule has 118 valence electrons. The number of hydrogen-bond donors (Lipinski definition) is 0. The van der Waals surface area contributed by atoms with Gasteiger partial charge in [0.2, 0.25) is 5.91 Å². The summed E-state index contributed by atoms with van der Waals surface area (Å²) in [7, 11) is 0. The van der Waals surface area contributed by atoms with E-state index in [1.807, 2.05) is 36.4 Å². The molecule has 0 spiro atoms. The quantitative estimate of drug-likeness (QED) is 0.543. The first-order valence-corrected chi connectivity index (χ1v) is 7.86. The SMILES string of the molecule is C=CCCCCCC(=O)N1C(=O)OC[C@@H]1Cc1ccccc1. The molecule has 22 heavy (non-hydrogen) atoms. The molecule has 4 nitrogen and oxygen atoms in total. The summed E-state index contributed by atoms with van der Waals surface area (Å²) < 4.78 is 5.07. The minimum absolute atomic E-state index is 0.123. The van der Waals surface area contributed by atoms with Gasteiger partial charge in [-0.05, 0) is 31.2 Å². The maximum atomic E-state index is 12.3. The minimum Gasteiger partial charge on any atom is -0.447 e. The maximum absolute atomic E-state index is 12.3. The van der Waals surface area contributed by atoms with Crippen molar-refractivity contribution in [2.75, 3.05) is 6.61 Å². The molecule has 1 heterocycles. The fourth-order valence-electron chi connectivity index (χ4n) is 2.66. The van der Waals surface area contributed by atoms with Crippen LogP contribution in [0.5, 0.6) is 0 Å². The first kappa shape index (κ1) is 16.3. The predicted octanol–water partition coefficient (Wildman–Crippen LogP) is 3.71. The number of cyclic esters (lactones) is 1. The Morgan fingerprint density at radius 3 is 2.77 bits per heavy atom. The van der Waals surface area contributed by atoms with E-state index < -0.39 is 6.09 Å². The van der Waals surface area contributed by atoms with Gasteiger partial charge in [-0.2, -0.15) is 0 Å². The van der Waals surface area contributed by atoms with Crippen molar-refractivity contribution in [2.45, 2.75) is 44.6 Å². The van der Waals surface area contributed by atoms with Crippen LogP contribution in [0.3, 0.4) is 0 Å². The van der Waals surface area contributed by atoms with Gasteiger partial charge in [-0.25, -0.2) is 9.69 Å². The number of imide groups is 1. The second-order valence-corrected chi connectivity index (χ2v) is 5.57. The summed E-state index contributed by atoms with van der Waals surface area (Å²) in [6, 6.07) is 9.68. The minimum atomic E-state index is -0.503. The lowest BCUT2D eigenvalue weighted by Gasteiger charge is -2.19. The van der Waals surface area contributed by atoms with E-state index in [4.69, 9.17) is 4.74 Å². The van der Waals surface area contributed by atoms with E-state index in [0.29, 0.717) is 12.8 Å². The van der Waals surface area contributed by atoms with Crippen LogP contribution in [0.25, 0.3) is 0 Å². The monoisotopic (exact) mass is 301 g/mol. The van der Waals surface area contributed by atoms with Crippen molar-refractivity contribution in [3.8, 4) is 0 Å². The Balaban J connectivity index is 1.87. The average molecular weight is 301 g/mol. The highest BCUT2D eigenvalue weighted by atomic mass is 16.6. The molecule has 1 fully saturated rings. The predicted molar refractivity (Wildman–Crippen MR) is 85.4 cm³/mol. The third kappa shape index (κ3) is 4.45. The first-order valence-electron chi connectivity index (χ1n) is 7.86. The molecule has 0 saturated carbocycles. The highest BCUT2D eigenvalue weighted by Gasteiger charge is 2.37. The Morgan fingerprint density at radius 1 is 1.27 bits per heavy atom. The van der Waals surface area contributed by atoms with Crippen LogP contribution in [0.15, 0.2) is 43.0 Å². The number of amides is 2. The van der Waals surface area contributed by atoms with E-state index in [0.717, 1.165) is 31.2 Å². The number of hydrogen-bond acceptors (Lipinski definition) is 3. The topological polar surface area (TPSA) is 46.6 Å². The van der Waals surface area contributed by atoms with Crippen LogP contribution in [-0.2, 0) is 16.0 Å². The van der Waals surface area contributed by atoms with Crippen LogP contribution in [-0.4, -0.2) is 29.5 Å². The fourth-order valence-corrected chi connectivity index (χ4v) is 2.66. The first-order chi connectivity index (χ1) is 10.7. The van der Waals surface area contributed by atoms with E-state index in [9.17, 15) is 9.59 Å². The number of benzene rings is 1. The summed E-state index contributed by atoms with van der Waals surface area (Å²) in [5.41, 5.74) is 1.11. The summed E-state index contributed by atoms with van der Waals surface area (Å²) in [4.78, 5) is 25.4. The van der Waals surface area contributed by atoms with Gasteiger partial charge in [-0.15, -0.1) is 6.58 Å². The lowest BCUT2D eigenvalue weighted by Crippen LogP contribution is -2.40. The van der Waals surface area contributed by atoms with Crippen molar-refractivity contribution in [1.82, 2.24) is 4.90 Å². The molecule has 0 aliphatic carbocycles. The Labute approximate surface area is 131 Å². The third-order valence-corrected chi connectivity index (χ3v) is 3.84. The van der Waals surface area contributed by atoms with Crippen molar-refractivity contribution in [1.29, 1.82) is 0 Å². The van der Waals surface area contributed by atoms with Crippen LogP contribution >= 0.6 is 0 Å². The van der Waals surface area contributed by atoms with Gasteiger partial charge in [0.15, 0.2) is 0 Å². The third-order valence-electron chi connectivity index (χ3n) is 3.84. The number of allylic oxidation sites excluding steroid dienone is 1. The molecular formula is C18H23NO3. The number of ether oxygens (including phenoxy) is 1. The van der Waals surface area contributed by atoms with Crippen LogP contribution in [0.2, 0.25) is 0 Å². The smallest absolute Gasteiger partial charge is 0.416 e. The zero-order valence-electron chi connectivity index (χ0n) is 12.9. The van der Waals surface area contributed by atoms with Crippen LogP contribution in [0.4, 0.5) is 4.79 Å². The zero-order valence-corrected chi connectivity index (χ0v) is 12.9. The zero-order chi connectivity index (χ0) is 15.8. The van der Waals surface area contributed by atoms with Crippen molar-refractivity contribution in [3.05, 3.63) is 48.6 Å². The Morgan fingerprint density at radius 2 is 2.05 bits per heavy atom. The summed E-state index contributed by atoms with van der Waals surface area (Å²) in [5, 5.41) is 0. The summed E-state index contributed by atoms with van der Waals surface area (Å²) >= 11 is 0. The fraction of sp³-hybridized carbons (Fsp3) is 0.444. The summed E-state index contributed by atoms with van der Waals surface area (Å²) in [6.45, 7) is 3.97. The average Bonchev–Trinajstić information content (AvgIpc) is 2.88. The van der Waals surface area contributed by atoms with Crippen molar-refractivity contribution >= 4 is 12.0 Å². The lowest BCUT2D eigenvalue weighted by atomic mass is 10.1. The molecule has 0 N–H and O–H groups in total. The van der Waals surface area contributed by atoms with E-state index in [-0.39, 0.29) is 18.6 Å². The van der Waals surface area contributed by atoms with E-state index in [2.05, 4.69) is 6.58 Å². The molecule has 1 saturated heterocycles. The molecule has 1 aromatic rings. The Hall–Kier alpha value is -2.10. The molecule has 0 bridgehead atoms. The Bertz CT molecular complexity index is 512. The van der Waals surface area contributed by atoms with Gasteiger partial charge in [0.05, 0.1) is 6.04 Å². The van der Waals surface area contributed by atoms with E-state index >= 15 is 0 Å². The summed E-state index contributed by atoms with van der Waals surface area (Å²) in [6.07, 6.45) is 6.21. The van der Waals surface area contributed by atoms with Gasteiger partial charge in [-0.3, -0.25) is 4.79 Å². The van der Waals surface area contributed by atoms with Crippen molar-refractivity contribution in [2.24, 2.45) is 0 Å². The van der Waals surface area contributed by atoms with Crippen molar-refractivity contribution < 1.29 is 14.3 Å². The molecule has 0 unspecified atom stereocenters. The van der Waals surface area contributed by atoms with Gasteiger partial charge >= 0.3 is 6.09 Å². The van der Waals surface area contributed by atoms with Crippen LogP contribution < -0.4 is 0 Å². The largest absolute Gasteiger partial charge is 0.447 e. The number of carbonyl (C=O) groups excluding carboxylic acids is 2. The second kappa shape index (κ2) is 8.37. The number of rotatable bonds is 8. The normalized spacial score (nSPS) is 17.4. The number of carbonyl (C=O) groups is 2. The Kier molecular flexibility index (Phi) is 6.19. The van der Waals surface area contributed by atoms with Gasteiger partial charge in [-0.1, -0.05) is 42.8 Å². The molecule has 0 aromatic heterocycles. The molecule has 1 aliphatic heterocycles. The number of unbranched alkanes of at least 4 members (excludes halogenated alkanes) is 3. The van der Waals surface area contributed by atoms with Gasteiger partial charge in [0.1, 0.15) is 6.61 Å². The number of nitrogens with zero attached hydrogens (tertiary/aromatic N) is 1. The molecular weight excluding hydrogens is 278 g/mol. The molecule has 0 radical (unpaired) electrons. The molecule has 4 heteroatoms. The van der Waals surface area contributed by atoms with Crippen molar-refractivity contribution in [3.63, 3.8) is 0 Å². The van der Waals surface area contributed by atoms with Gasteiger partial charge in [0, 0.05) is 6.42 Å². The summed E-state index contributed by atoms with van der Waals surface area (Å²) in [5.74, 6) is -0.123. The molecule has 1 aliphatic rings. The van der Waals surface area contributed by atoms with Gasteiger partial charge in [0.25, 0.3) is 0 Å². The second-order valence-electron chi connectivity index (χ2n) is 5.57. The molecule has 1 atom stereocenters. The standard InChI is InChI=1S/C18H23NO3/c1-2-3-4-5-9-12-17(20)19-16(14-22-18(19)21)13-15-10-7-6-8-11-15/h2,6-8,10-11,16H,1,3-5,9,12-14H2/t16-/m0/s1. The van der Waals surface area contributed by atoms with E-state index in [1.165, 1.54) is 4.90 Å². The highest BCUT2D eigenvalue weighted by molar-refractivity contribution is 5.93. The van der Waals surface area contributed by atoms with E-state index in [1.54, 1.807) is 0 Å². The van der Waals surface area contributed by atoms with Crippen LogP contribution in [0.1, 0.15) is 37.7 Å². The van der Waals surface area contributed by atoms with Gasteiger partial charge < -0.3 is 4.74 Å². The lowest BCUT2D eigenvalue weighted by molar-refractivity contribution is -0.129. The molecule has 1 aromatic carbocycles. The highest BCUT2D eigenvalue weighted by Crippen LogP contribution is 2.19. The molecule has 2 rings (SSSR count).